The van der Waals surface area contributed by atoms with Crippen molar-refractivity contribution in [1.82, 2.24) is 4.90 Å². The standard InChI is InChI=1S/C16H13Cl2NO/c17-16(18)14(13-9-5-2-6-10-13)19(15(16)20)11-12-7-3-1-4-8-12/h1-10,14H,11H2. The SMILES string of the molecule is O=C1N(Cc2ccccc2)C(c2ccccc2)C1(Cl)Cl. The third kappa shape index (κ3) is 2.19. The predicted octanol–water partition coefficient (Wildman–Crippen LogP) is 3.94. The summed E-state index contributed by atoms with van der Waals surface area (Å²) in [5.74, 6) is -0.237. The smallest absolute Gasteiger partial charge is 0.262 e. The van der Waals surface area contributed by atoms with Gasteiger partial charge in [-0.2, -0.15) is 0 Å². The van der Waals surface area contributed by atoms with Gasteiger partial charge in [0.05, 0.1) is 6.04 Å². The number of nitrogens with zero attached hydrogens (tertiary/aromatic N) is 1. The minimum Gasteiger partial charge on any atom is -0.325 e. The van der Waals surface area contributed by atoms with Crippen molar-refractivity contribution in [1.29, 1.82) is 0 Å². The van der Waals surface area contributed by atoms with Crippen LogP contribution in [0.4, 0.5) is 0 Å². The van der Waals surface area contributed by atoms with Crippen molar-refractivity contribution in [3.05, 3.63) is 71.8 Å². The fourth-order valence-corrected chi connectivity index (χ4v) is 3.23. The summed E-state index contributed by atoms with van der Waals surface area (Å²) in [5.41, 5.74) is 2.01. The molecule has 2 nitrogen and oxygen atoms in total. The van der Waals surface area contributed by atoms with Crippen molar-refractivity contribution in [2.24, 2.45) is 0 Å². The first-order chi connectivity index (χ1) is 9.60. The van der Waals surface area contributed by atoms with Crippen molar-refractivity contribution in [3.63, 3.8) is 0 Å². The van der Waals surface area contributed by atoms with Crippen LogP contribution in [-0.2, 0) is 11.3 Å². The van der Waals surface area contributed by atoms with Crippen molar-refractivity contribution in [2.45, 2.75) is 16.9 Å². The Hall–Kier alpha value is -1.51. The lowest BCUT2D eigenvalue weighted by molar-refractivity contribution is -0.149. The van der Waals surface area contributed by atoms with E-state index in [4.69, 9.17) is 23.2 Å². The van der Waals surface area contributed by atoms with Crippen LogP contribution in [0.1, 0.15) is 17.2 Å². The van der Waals surface area contributed by atoms with Gasteiger partial charge in [-0.25, -0.2) is 0 Å². The highest BCUT2D eigenvalue weighted by Gasteiger charge is 2.59. The van der Waals surface area contributed by atoms with Gasteiger partial charge in [-0.05, 0) is 11.1 Å². The van der Waals surface area contributed by atoms with E-state index in [2.05, 4.69) is 0 Å². The van der Waals surface area contributed by atoms with E-state index in [1.165, 1.54) is 0 Å². The summed E-state index contributed by atoms with van der Waals surface area (Å²) in [6.45, 7) is 0.514. The number of likely N-dealkylation sites (tertiary alicyclic amines) is 1. The summed E-state index contributed by atoms with van der Waals surface area (Å²) in [4.78, 5) is 13.8. The molecular formula is C16H13Cl2NO. The van der Waals surface area contributed by atoms with Crippen molar-refractivity contribution in [2.75, 3.05) is 0 Å². The minimum absolute atomic E-state index is 0.237. The predicted molar refractivity (Wildman–Crippen MR) is 80.6 cm³/mol. The van der Waals surface area contributed by atoms with E-state index >= 15 is 0 Å². The highest BCUT2D eigenvalue weighted by molar-refractivity contribution is 6.60. The van der Waals surface area contributed by atoms with Crippen molar-refractivity contribution in [3.8, 4) is 0 Å². The molecule has 1 aliphatic rings. The van der Waals surface area contributed by atoms with Gasteiger partial charge in [0.15, 0.2) is 0 Å². The molecular weight excluding hydrogens is 293 g/mol. The van der Waals surface area contributed by atoms with Crippen LogP contribution in [0.15, 0.2) is 60.7 Å². The first-order valence-corrected chi connectivity index (χ1v) is 7.14. The maximum Gasteiger partial charge on any atom is 0.262 e. The molecule has 0 aliphatic carbocycles. The number of hydrogen-bond donors (Lipinski definition) is 0. The van der Waals surface area contributed by atoms with Gasteiger partial charge in [0.25, 0.3) is 5.91 Å². The van der Waals surface area contributed by atoms with Gasteiger partial charge < -0.3 is 4.90 Å². The van der Waals surface area contributed by atoms with Crippen LogP contribution >= 0.6 is 23.2 Å². The Kier molecular flexibility index (Phi) is 3.45. The molecule has 1 amide bonds. The molecule has 1 saturated heterocycles. The number of carbonyl (C=O) groups is 1. The number of amides is 1. The van der Waals surface area contributed by atoms with Crippen LogP contribution in [-0.4, -0.2) is 15.1 Å². The molecule has 0 spiro atoms. The van der Waals surface area contributed by atoms with E-state index in [0.717, 1.165) is 11.1 Å². The van der Waals surface area contributed by atoms with Crippen molar-refractivity contribution >= 4 is 29.1 Å². The second-order valence-corrected chi connectivity index (χ2v) is 6.24. The van der Waals surface area contributed by atoms with Crippen LogP contribution in [0.2, 0.25) is 0 Å². The maximum atomic E-state index is 12.1. The zero-order valence-electron chi connectivity index (χ0n) is 10.7. The monoisotopic (exact) mass is 305 g/mol. The highest BCUT2D eigenvalue weighted by atomic mass is 35.5. The Bertz CT molecular complexity index is 613. The van der Waals surface area contributed by atoms with E-state index in [1.54, 1.807) is 4.90 Å². The number of rotatable bonds is 3. The van der Waals surface area contributed by atoms with Crippen LogP contribution in [0.5, 0.6) is 0 Å². The molecule has 20 heavy (non-hydrogen) atoms. The average Bonchev–Trinajstić information content (AvgIpc) is 2.48. The molecule has 1 fully saturated rings. The number of alkyl halides is 2. The van der Waals surface area contributed by atoms with Crippen LogP contribution in [0.3, 0.4) is 0 Å². The van der Waals surface area contributed by atoms with Gasteiger partial charge in [-0.15, -0.1) is 0 Å². The Morgan fingerprint density at radius 1 is 0.950 bits per heavy atom. The van der Waals surface area contributed by atoms with E-state index in [0.29, 0.717) is 6.54 Å². The van der Waals surface area contributed by atoms with Gasteiger partial charge in [0.1, 0.15) is 0 Å². The molecule has 1 unspecified atom stereocenters. The summed E-state index contributed by atoms with van der Waals surface area (Å²) >= 11 is 12.4. The molecule has 2 aromatic rings. The Morgan fingerprint density at radius 3 is 2.10 bits per heavy atom. The van der Waals surface area contributed by atoms with Gasteiger partial charge in [0, 0.05) is 6.54 Å². The fraction of sp³-hybridized carbons (Fsp3) is 0.188. The largest absolute Gasteiger partial charge is 0.325 e. The number of halogens is 2. The average molecular weight is 306 g/mol. The quantitative estimate of drug-likeness (QED) is 0.621. The summed E-state index contributed by atoms with van der Waals surface area (Å²) < 4.78 is -1.36. The topological polar surface area (TPSA) is 20.3 Å². The van der Waals surface area contributed by atoms with E-state index in [1.807, 2.05) is 60.7 Å². The molecule has 1 atom stereocenters. The Balaban J connectivity index is 1.88. The molecule has 0 aromatic heterocycles. The van der Waals surface area contributed by atoms with E-state index in [9.17, 15) is 4.79 Å². The fourth-order valence-electron chi connectivity index (χ4n) is 2.52. The number of β-lactam (4-membered cyclic amide) rings is 1. The zero-order chi connectivity index (χ0) is 14.2. The van der Waals surface area contributed by atoms with Crippen molar-refractivity contribution < 1.29 is 4.79 Å². The van der Waals surface area contributed by atoms with Gasteiger partial charge in [0.2, 0.25) is 4.33 Å². The third-order valence-electron chi connectivity index (χ3n) is 3.51. The summed E-state index contributed by atoms with van der Waals surface area (Å²) in [5, 5.41) is 0. The summed E-state index contributed by atoms with van der Waals surface area (Å²) in [7, 11) is 0. The molecule has 2 aromatic carbocycles. The van der Waals surface area contributed by atoms with Crippen LogP contribution in [0.25, 0.3) is 0 Å². The number of hydrogen-bond acceptors (Lipinski definition) is 1. The molecule has 1 heterocycles. The Labute approximate surface area is 127 Å². The van der Waals surface area contributed by atoms with Gasteiger partial charge >= 0.3 is 0 Å². The number of carbonyl (C=O) groups excluding carboxylic acids is 1. The van der Waals surface area contributed by atoms with Crippen LogP contribution < -0.4 is 0 Å². The van der Waals surface area contributed by atoms with E-state index < -0.39 is 4.33 Å². The lowest BCUT2D eigenvalue weighted by atomic mass is 9.92. The Morgan fingerprint density at radius 2 is 1.50 bits per heavy atom. The summed E-state index contributed by atoms with van der Waals surface area (Å²) in [6, 6.07) is 19.2. The molecule has 0 saturated carbocycles. The molecule has 102 valence electrons. The lowest BCUT2D eigenvalue weighted by Gasteiger charge is -2.49. The van der Waals surface area contributed by atoms with Gasteiger partial charge in [-0.3, -0.25) is 4.79 Å². The minimum atomic E-state index is -1.36. The molecule has 1 aliphatic heterocycles. The molecule has 0 bridgehead atoms. The van der Waals surface area contributed by atoms with Gasteiger partial charge in [-0.1, -0.05) is 83.9 Å². The third-order valence-corrected chi connectivity index (χ3v) is 4.25. The van der Waals surface area contributed by atoms with Crippen LogP contribution in [0, 0.1) is 0 Å². The highest BCUT2D eigenvalue weighted by Crippen LogP contribution is 2.51. The normalized spacial score (nSPS) is 20.6. The first kappa shape index (κ1) is 13.5. The molecule has 0 N–H and O–H groups in total. The number of benzene rings is 2. The lowest BCUT2D eigenvalue weighted by Crippen LogP contribution is -2.61. The maximum absolute atomic E-state index is 12.1. The van der Waals surface area contributed by atoms with E-state index in [-0.39, 0.29) is 11.9 Å². The zero-order valence-corrected chi connectivity index (χ0v) is 12.2. The first-order valence-electron chi connectivity index (χ1n) is 6.38. The molecule has 3 rings (SSSR count). The second-order valence-electron chi connectivity index (χ2n) is 4.85. The molecule has 0 radical (unpaired) electrons. The molecule has 4 heteroatoms. The summed E-state index contributed by atoms with van der Waals surface area (Å²) in [6.07, 6.45) is 0. The second kappa shape index (κ2) is 5.12.